The number of anilines is 1. The Morgan fingerprint density at radius 3 is 2.38 bits per heavy atom. The van der Waals surface area contributed by atoms with E-state index in [0.29, 0.717) is 13.1 Å². The molecule has 0 aliphatic carbocycles. The van der Waals surface area contributed by atoms with Gasteiger partial charge in [0.05, 0.1) is 5.69 Å². The van der Waals surface area contributed by atoms with Crippen molar-refractivity contribution in [3.8, 4) is 5.82 Å². The smallest absolute Gasteiger partial charge is 0.246 e. The molecule has 1 amide bonds. The number of hydrogen-bond donors (Lipinski definition) is 0. The maximum absolute atomic E-state index is 12.5. The predicted molar refractivity (Wildman–Crippen MR) is 113 cm³/mol. The Labute approximate surface area is 170 Å². The van der Waals surface area contributed by atoms with Crippen LogP contribution in [0.2, 0.25) is 0 Å². The van der Waals surface area contributed by atoms with Gasteiger partial charge in [-0.3, -0.25) is 4.79 Å². The zero-order chi connectivity index (χ0) is 20.2. The van der Waals surface area contributed by atoms with Crippen molar-refractivity contribution in [2.45, 2.75) is 13.8 Å². The zero-order valence-corrected chi connectivity index (χ0v) is 16.7. The van der Waals surface area contributed by atoms with E-state index in [1.807, 2.05) is 72.0 Å². The Hall–Kier alpha value is -3.48. The van der Waals surface area contributed by atoms with Crippen LogP contribution in [0.15, 0.2) is 54.9 Å². The van der Waals surface area contributed by atoms with Gasteiger partial charge in [-0.25, -0.2) is 14.6 Å². The lowest BCUT2D eigenvalue weighted by atomic mass is 10.2. The molecule has 1 fully saturated rings. The van der Waals surface area contributed by atoms with Crippen LogP contribution in [0.25, 0.3) is 11.9 Å². The van der Waals surface area contributed by atoms with Crippen LogP contribution < -0.4 is 4.90 Å². The molecular formula is C22H24N6O. The van der Waals surface area contributed by atoms with Crippen molar-refractivity contribution in [2.75, 3.05) is 31.1 Å². The third-order valence-electron chi connectivity index (χ3n) is 5.00. The molecule has 7 heteroatoms. The molecule has 0 radical (unpaired) electrons. The number of aryl methyl sites for hydroxylation is 2. The second-order valence-corrected chi connectivity index (χ2v) is 7.13. The van der Waals surface area contributed by atoms with E-state index in [4.69, 9.17) is 0 Å². The van der Waals surface area contributed by atoms with Crippen LogP contribution in [-0.2, 0) is 4.79 Å². The Morgan fingerprint density at radius 2 is 1.69 bits per heavy atom. The molecule has 4 rings (SSSR count). The van der Waals surface area contributed by atoms with E-state index in [1.54, 1.807) is 12.4 Å². The van der Waals surface area contributed by atoms with E-state index in [0.717, 1.165) is 41.7 Å². The summed E-state index contributed by atoms with van der Waals surface area (Å²) in [7, 11) is 0. The van der Waals surface area contributed by atoms with E-state index in [2.05, 4.69) is 20.0 Å². The van der Waals surface area contributed by atoms with Crippen LogP contribution >= 0.6 is 0 Å². The molecule has 148 valence electrons. The van der Waals surface area contributed by atoms with Crippen molar-refractivity contribution in [3.05, 3.63) is 71.8 Å². The van der Waals surface area contributed by atoms with Gasteiger partial charge >= 0.3 is 0 Å². The quantitative estimate of drug-likeness (QED) is 0.643. The number of amides is 1. The SMILES string of the molecule is Cc1cc(C)n(-c2cc(N3CCN(C(=O)/C=C/c4ccccc4)CC3)ncn2)n1. The molecule has 1 aromatic carbocycles. The molecular weight excluding hydrogens is 364 g/mol. The van der Waals surface area contributed by atoms with Crippen LogP contribution in [0.5, 0.6) is 0 Å². The first-order chi connectivity index (χ1) is 14.1. The van der Waals surface area contributed by atoms with Gasteiger partial charge in [0, 0.05) is 44.0 Å². The van der Waals surface area contributed by atoms with Crippen LogP contribution in [0.4, 0.5) is 5.82 Å². The molecule has 1 saturated heterocycles. The number of hydrogen-bond acceptors (Lipinski definition) is 5. The number of carbonyl (C=O) groups excluding carboxylic acids is 1. The predicted octanol–water partition coefficient (Wildman–Crippen LogP) is 2.64. The fourth-order valence-corrected chi connectivity index (χ4v) is 3.48. The highest BCUT2D eigenvalue weighted by atomic mass is 16.2. The van der Waals surface area contributed by atoms with E-state index >= 15 is 0 Å². The Kier molecular flexibility index (Phi) is 5.37. The number of aromatic nitrogens is 4. The normalized spacial score (nSPS) is 14.6. The van der Waals surface area contributed by atoms with Crippen molar-refractivity contribution in [1.29, 1.82) is 0 Å². The highest BCUT2D eigenvalue weighted by Crippen LogP contribution is 2.17. The average Bonchev–Trinajstić information content (AvgIpc) is 3.11. The first-order valence-corrected chi connectivity index (χ1v) is 9.73. The fraction of sp³-hybridized carbons (Fsp3) is 0.273. The molecule has 0 atom stereocenters. The number of piperazine rings is 1. The molecule has 1 aliphatic rings. The van der Waals surface area contributed by atoms with Crippen LogP contribution in [0, 0.1) is 13.8 Å². The van der Waals surface area contributed by atoms with E-state index < -0.39 is 0 Å². The standard InChI is InChI=1S/C22H24N6O/c1-17-14-18(2)28(25-17)21-15-20(23-16-24-21)26-10-12-27(13-11-26)22(29)9-8-19-6-4-3-5-7-19/h3-9,14-16H,10-13H2,1-2H3/b9-8+. The minimum Gasteiger partial charge on any atom is -0.353 e. The highest BCUT2D eigenvalue weighted by Gasteiger charge is 2.21. The monoisotopic (exact) mass is 388 g/mol. The Morgan fingerprint density at radius 1 is 0.966 bits per heavy atom. The average molecular weight is 388 g/mol. The zero-order valence-electron chi connectivity index (χ0n) is 16.7. The lowest BCUT2D eigenvalue weighted by molar-refractivity contribution is -0.126. The molecule has 0 unspecified atom stereocenters. The molecule has 3 aromatic rings. The summed E-state index contributed by atoms with van der Waals surface area (Å²) in [5, 5.41) is 4.49. The van der Waals surface area contributed by atoms with Crippen molar-refractivity contribution >= 4 is 17.8 Å². The molecule has 3 heterocycles. The van der Waals surface area contributed by atoms with Crippen molar-refractivity contribution in [1.82, 2.24) is 24.6 Å². The van der Waals surface area contributed by atoms with Gasteiger partial charge in [-0.05, 0) is 31.6 Å². The summed E-state index contributed by atoms with van der Waals surface area (Å²) in [4.78, 5) is 25.3. The molecule has 0 bridgehead atoms. The summed E-state index contributed by atoms with van der Waals surface area (Å²) < 4.78 is 1.83. The van der Waals surface area contributed by atoms with Crippen molar-refractivity contribution in [2.24, 2.45) is 0 Å². The summed E-state index contributed by atoms with van der Waals surface area (Å²) in [5.41, 5.74) is 3.02. The molecule has 7 nitrogen and oxygen atoms in total. The van der Waals surface area contributed by atoms with Crippen molar-refractivity contribution < 1.29 is 4.79 Å². The Bertz CT molecular complexity index is 1020. The van der Waals surface area contributed by atoms with Gasteiger partial charge in [-0.15, -0.1) is 0 Å². The largest absolute Gasteiger partial charge is 0.353 e. The van der Waals surface area contributed by atoms with Gasteiger partial charge in [-0.2, -0.15) is 5.10 Å². The molecule has 1 aliphatic heterocycles. The number of benzene rings is 1. The summed E-state index contributed by atoms with van der Waals surface area (Å²) in [6.45, 7) is 6.77. The third-order valence-corrected chi connectivity index (χ3v) is 5.00. The molecule has 0 spiro atoms. The number of nitrogens with zero attached hydrogens (tertiary/aromatic N) is 6. The van der Waals surface area contributed by atoms with Gasteiger partial charge in [0.25, 0.3) is 0 Å². The first kappa shape index (κ1) is 18.9. The topological polar surface area (TPSA) is 67.2 Å². The first-order valence-electron chi connectivity index (χ1n) is 9.73. The van der Waals surface area contributed by atoms with Crippen LogP contribution in [0.1, 0.15) is 17.0 Å². The summed E-state index contributed by atoms with van der Waals surface area (Å²) >= 11 is 0. The lowest BCUT2D eigenvalue weighted by Crippen LogP contribution is -2.48. The number of carbonyl (C=O) groups is 1. The molecule has 0 N–H and O–H groups in total. The molecule has 0 saturated carbocycles. The van der Waals surface area contributed by atoms with Crippen LogP contribution in [-0.4, -0.2) is 56.7 Å². The molecule has 29 heavy (non-hydrogen) atoms. The van der Waals surface area contributed by atoms with E-state index in [9.17, 15) is 4.79 Å². The summed E-state index contributed by atoms with van der Waals surface area (Å²) in [5.74, 6) is 1.65. The maximum atomic E-state index is 12.5. The van der Waals surface area contributed by atoms with E-state index in [-0.39, 0.29) is 5.91 Å². The number of rotatable bonds is 4. The van der Waals surface area contributed by atoms with Gasteiger partial charge in [0.15, 0.2) is 5.82 Å². The summed E-state index contributed by atoms with van der Waals surface area (Å²) in [6.07, 6.45) is 5.08. The fourth-order valence-electron chi connectivity index (χ4n) is 3.48. The molecule has 2 aromatic heterocycles. The van der Waals surface area contributed by atoms with E-state index in [1.165, 1.54) is 0 Å². The third kappa shape index (κ3) is 4.34. The lowest BCUT2D eigenvalue weighted by Gasteiger charge is -2.35. The highest BCUT2D eigenvalue weighted by molar-refractivity contribution is 5.91. The second kappa shape index (κ2) is 8.26. The van der Waals surface area contributed by atoms with Gasteiger partial charge < -0.3 is 9.80 Å². The van der Waals surface area contributed by atoms with Gasteiger partial charge in [-0.1, -0.05) is 30.3 Å². The maximum Gasteiger partial charge on any atom is 0.246 e. The summed E-state index contributed by atoms with van der Waals surface area (Å²) in [6, 6.07) is 13.8. The van der Waals surface area contributed by atoms with Crippen molar-refractivity contribution in [3.63, 3.8) is 0 Å². The minimum absolute atomic E-state index is 0.0412. The van der Waals surface area contributed by atoms with Gasteiger partial charge in [0.2, 0.25) is 5.91 Å². The minimum atomic E-state index is 0.0412. The van der Waals surface area contributed by atoms with Crippen LogP contribution in [0.3, 0.4) is 0 Å². The second-order valence-electron chi connectivity index (χ2n) is 7.13. The van der Waals surface area contributed by atoms with Gasteiger partial charge in [0.1, 0.15) is 12.1 Å². The Balaban J connectivity index is 1.40.